The number of benzene rings is 2. The lowest BCUT2D eigenvalue weighted by Crippen LogP contribution is -2.58. The molecule has 4 aliphatic rings. The molecule has 0 spiro atoms. The van der Waals surface area contributed by atoms with E-state index in [-0.39, 0.29) is 43.8 Å². The highest BCUT2D eigenvalue weighted by molar-refractivity contribution is 7.90. The molecule has 3 heterocycles. The number of carbonyl (C=O) groups excluding carboxylic acids is 5. The second-order valence-corrected chi connectivity index (χ2v) is 17.4. The lowest BCUT2D eigenvalue weighted by molar-refractivity contribution is -0.141. The summed E-state index contributed by atoms with van der Waals surface area (Å²) >= 11 is 0. The first-order valence-electron chi connectivity index (χ1n) is 18.6. The molecular formula is C39H48FN5O9S. The fourth-order valence-corrected chi connectivity index (χ4v) is 8.37. The van der Waals surface area contributed by atoms with Crippen molar-refractivity contribution < 1.29 is 46.3 Å². The third-order valence-electron chi connectivity index (χ3n) is 10.3. The number of carbonyl (C=O) groups is 5. The van der Waals surface area contributed by atoms with Crippen molar-refractivity contribution in [3.8, 4) is 0 Å². The summed E-state index contributed by atoms with van der Waals surface area (Å²) in [5.74, 6) is -3.27. The van der Waals surface area contributed by atoms with Gasteiger partial charge in [0.1, 0.15) is 35.1 Å². The first kappa shape index (κ1) is 39.7. The zero-order valence-electron chi connectivity index (χ0n) is 31.4. The van der Waals surface area contributed by atoms with E-state index in [9.17, 15) is 36.8 Å². The number of hydrogen-bond acceptors (Lipinski definition) is 9. The Morgan fingerprint density at radius 3 is 2.47 bits per heavy atom. The van der Waals surface area contributed by atoms with Gasteiger partial charge in [-0.3, -0.25) is 19.3 Å². The van der Waals surface area contributed by atoms with Crippen LogP contribution in [0.25, 0.3) is 0 Å². The second kappa shape index (κ2) is 15.6. The van der Waals surface area contributed by atoms with Crippen molar-refractivity contribution in [1.29, 1.82) is 0 Å². The molecule has 296 valence electrons. The van der Waals surface area contributed by atoms with Gasteiger partial charge in [-0.05, 0) is 77.1 Å². The van der Waals surface area contributed by atoms with Gasteiger partial charge in [-0.2, -0.15) is 0 Å². The van der Waals surface area contributed by atoms with Crippen LogP contribution >= 0.6 is 0 Å². The molecular weight excluding hydrogens is 734 g/mol. The predicted octanol–water partition coefficient (Wildman–Crippen LogP) is 4.35. The van der Waals surface area contributed by atoms with Crippen molar-refractivity contribution >= 4 is 39.9 Å². The molecule has 2 aromatic rings. The SMILES string of the molecule is Cc1ccc(S(=O)(=O)NC(=O)[C@@]23C[C@H]2C=CCCCCC[C@H](NC(=O)OC(C)(C)C)C(=O)N2C[C@H](OC(=O)N4Cc5cccc(F)c5C4)C[C@H]2C(=O)N3)cc1. The smallest absolute Gasteiger partial charge is 0.410 e. The molecule has 16 heteroatoms. The van der Waals surface area contributed by atoms with E-state index in [1.165, 1.54) is 28.0 Å². The molecule has 3 N–H and O–H groups in total. The van der Waals surface area contributed by atoms with E-state index in [1.54, 1.807) is 58.0 Å². The average molecular weight is 782 g/mol. The molecule has 0 radical (unpaired) electrons. The molecule has 0 aromatic heterocycles. The number of hydrogen-bond donors (Lipinski definition) is 3. The Bertz CT molecular complexity index is 1980. The Hall–Kier alpha value is -4.99. The number of ether oxygens (including phenoxy) is 2. The van der Waals surface area contributed by atoms with Gasteiger partial charge in [-0.25, -0.2) is 27.1 Å². The van der Waals surface area contributed by atoms with Crippen molar-refractivity contribution in [2.24, 2.45) is 5.92 Å². The molecule has 5 amide bonds. The van der Waals surface area contributed by atoms with Gasteiger partial charge in [0.25, 0.3) is 15.9 Å². The average Bonchev–Trinajstić information content (AvgIpc) is 3.40. The Morgan fingerprint density at radius 1 is 1.02 bits per heavy atom. The lowest BCUT2D eigenvalue weighted by atomic mass is 10.0. The standard InChI is InChI=1S/C39H48FN5O9S/c1-24-15-17-28(18-16-24)55(51,52)43-35(48)39-20-26(39)12-8-6-5-7-9-14-31(41-36(49)54-38(2,3)4)34(47)45-22-27(19-32(45)33(46)42-39)53-37(50)44-21-25-11-10-13-30(40)29(25)23-44/h8,10-13,15-18,26-27,31-32H,5-7,9,14,19-23H2,1-4H3,(H,41,49)(H,42,46)(H,43,48)/t26-,27-,31+,32+,39-/m1/s1. The van der Waals surface area contributed by atoms with E-state index in [2.05, 4.69) is 15.4 Å². The van der Waals surface area contributed by atoms with Crippen molar-refractivity contribution in [3.63, 3.8) is 0 Å². The normalized spacial score (nSPS) is 25.7. The number of rotatable bonds is 5. The highest BCUT2D eigenvalue weighted by Gasteiger charge is 2.61. The number of alkyl carbamates (subject to hydrolysis) is 1. The minimum absolute atomic E-state index is 0.0139. The highest BCUT2D eigenvalue weighted by atomic mass is 32.2. The van der Waals surface area contributed by atoms with Crippen LogP contribution in [-0.2, 0) is 47.0 Å². The molecule has 3 aliphatic heterocycles. The Morgan fingerprint density at radius 2 is 1.76 bits per heavy atom. The molecule has 55 heavy (non-hydrogen) atoms. The quantitative estimate of drug-likeness (QED) is 0.372. The van der Waals surface area contributed by atoms with E-state index >= 15 is 0 Å². The summed E-state index contributed by atoms with van der Waals surface area (Å²) < 4.78 is 54.4. The molecule has 14 nitrogen and oxygen atoms in total. The first-order chi connectivity index (χ1) is 26.0. The van der Waals surface area contributed by atoms with Crippen molar-refractivity contribution in [1.82, 2.24) is 25.2 Å². The molecule has 0 unspecified atom stereocenters. The predicted molar refractivity (Wildman–Crippen MR) is 197 cm³/mol. The zero-order chi connectivity index (χ0) is 39.7. The molecule has 0 bridgehead atoms. The van der Waals surface area contributed by atoms with E-state index in [1.807, 2.05) is 6.08 Å². The maximum atomic E-state index is 14.5. The summed E-state index contributed by atoms with van der Waals surface area (Å²) in [5, 5.41) is 5.45. The summed E-state index contributed by atoms with van der Waals surface area (Å²) in [6.07, 6.45) is 3.95. The van der Waals surface area contributed by atoms with Gasteiger partial charge in [0.15, 0.2) is 0 Å². The third-order valence-corrected chi connectivity index (χ3v) is 11.7. The number of halogens is 1. The Kier molecular flexibility index (Phi) is 11.3. The summed E-state index contributed by atoms with van der Waals surface area (Å²) in [7, 11) is -4.31. The summed E-state index contributed by atoms with van der Waals surface area (Å²) in [5.41, 5.74) is -0.648. The minimum Gasteiger partial charge on any atom is -0.444 e. The van der Waals surface area contributed by atoms with E-state index in [0.29, 0.717) is 30.4 Å². The lowest BCUT2D eigenvalue weighted by Gasteiger charge is -2.30. The van der Waals surface area contributed by atoms with Gasteiger partial charge in [0, 0.05) is 24.4 Å². The van der Waals surface area contributed by atoms with Crippen LogP contribution < -0.4 is 15.4 Å². The number of fused-ring (bicyclic) bond motifs is 3. The van der Waals surface area contributed by atoms with Crippen LogP contribution in [0.5, 0.6) is 0 Å². The molecule has 2 aromatic carbocycles. The van der Waals surface area contributed by atoms with E-state index < -0.39 is 81.0 Å². The number of allylic oxidation sites excluding steroid dienone is 1. The van der Waals surface area contributed by atoms with Crippen LogP contribution in [0.1, 0.15) is 82.4 Å². The summed E-state index contributed by atoms with van der Waals surface area (Å²) in [6, 6.07) is 8.19. The van der Waals surface area contributed by atoms with Gasteiger partial charge in [-0.1, -0.05) is 54.8 Å². The van der Waals surface area contributed by atoms with Gasteiger partial charge >= 0.3 is 12.2 Å². The van der Waals surface area contributed by atoms with Gasteiger partial charge < -0.3 is 25.0 Å². The second-order valence-electron chi connectivity index (χ2n) is 15.8. The fraction of sp³-hybridized carbons (Fsp3) is 0.513. The minimum atomic E-state index is -4.31. The monoisotopic (exact) mass is 781 g/mol. The number of aryl methyl sites for hydroxylation is 1. The van der Waals surface area contributed by atoms with Crippen LogP contribution in [0.3, 0.4) is 0 Å². The summed E-state index contributed by atoms with van der Waals surface area (Å²) in [4.78, 5) is 71.4. The van der Waals surface area contributed by atoms with Crippen LogP contribution in [0.2, 0.25) is 0 Å². The molecule has 2 fully saturated rings. The first-order valence-corrected chi connectivity index (χ1v) is 20.1. The largest absolute Gasteiger partial charge is 0.444 e. The molecule has 1 saturated heterocycles. The van der Waals surface area contributed by atoms with Gasteiger partial charge in [0.2, 0.25) is 11.8 Å². The van der Waals surface area contributed by atoms with E-state index in [4.69, 9.17) is 9.47 Å². The van der Waals surface area contributed by atoms with Gasteiger partial charge in [-0.15, -0.1) is 0 Å². The maximum Gasteiger partial charge on any atom is 0.410 e. The topological polar surface area (TPSA) is 181 Å². The number of nitrogens with zero attached hydrogens (tertiary/aromatic N) is 2. The zero-order valence-corrected chi connectivity index (χ0v) is 32.2. The van der Waals surface area contributed by atoms with Crippen LogP contribution in [0.4, 0.5) is 14.0 Å². The third kappa shape index (κ3) is 9.11. The molecule has 1 aliphatic carbocycles. The van der Waals surface area contributed by atoms with Crippen LogP contribution in [-0.4, -0.2) is 84.0 Å². The van der Waals surface area contributed by atoms with Crippen molar-refractivity contribution in [2.45, 2.75) is 120 Å². The number of sulfonamides is 1. The van der Waals surface area contributed by atoms with Crippen LogP contribution in [0.15, 0.2) is 59.5 Å². The molecule has 1 saturated carbocycles. The molecule has 5 atom stereocenters. The van der Waals surface area contributed by atoms with Crippen molar-refractivity contribution in [3.05, 3.63) is 77.1 Å². The summed E-state index contributed by atoms with van der Waals surface area (Å²) in [6.45, 7) is 6.75. The molecule has 6 rings (SSSR count). The van der Waals surface area contributed by atoms with E-state index in [0.717, 1.165) is 12.0 Å². The van der Waals surface area contributed by atoms with Crippen LogP contribution in [0, 0.1) is 18.7 Å². The maximum absolute atomic E-state index is 14.5. The Labute approximate surface area is 320 Å². The fourth-order valence-electron chi connectivity index (χ4n) is 7.33. The Balaban J connectivity index is 1.26. The highest BCUT2D eigenvalue weighted by Crippen LogP contribution is 2.46. The number of nitrogens with one attached hydrogen (secondary N) is 3. The van der Waals surface area contributed by atoms with Crippen molar-refractivity contribution in [2.75, 3.05) is 6.54 Å². The van der Waals surface area contributed by atoms with Gasteiger partial charge in [0.05, 0.1) is 18.0 Å². The number of amides is 5.